The molecule has 0 aliphatic carbocycles. The van der Waals surface area contributed by atoms with Crippen LogP contribution in [-0.2, 0) is 12.8 Å². The molecule has 0 spiro atoms. The van der Waals surface area contributed by atoms with E-state index in [4.69, 9.17) is 0 Å². The van der Waals surface area contributed by atoms with Gasteiger partial charge in [-0.05, 0) is 61.1 Å². The van der Waals surface area contributed by atoms with Crippen LogP contribution in [0.2, 0.25) is 0 Å². The molecule has 2 N–H and O–H groups in total. The van der Waals surface area contributed by atoms with E-state index >= 15 is 0 Å². The lowest BCUT2D eigenvalue weighted by atomic mass is 10.0. The number of nitrogens with one attached hydrogen (secondary N) is 2. The van der Waals surface area contributed by atoms with Crippen molar-refractivity contribution < 1.29 is 14.4 Å². The smallest absolute Gasteiger partial charge is 0.261 e. The highest BCUT2D eigenvalue weighted by Gasteiger charge is 2.29. The highest BCUT2D eigenvalue weighted by atomic mass is 16.2. The molecule has 5 nitrogen and oxygen atoms in total. The van der Waals surface area contributed by atoms with Crippen LogP contribution in [0.5, 0.6) is 0 Å². The van der Waals surface area contributed by atoms with E-state index in [1.807, 2.05) is 18.2 Å². The van der Waals surface area contributed by atoms with E-state index in [0.29, 0.717) is 11.3 Å². The van der Waals surface area contributed by atoms with E-state index in [0.717, 1.165) is 25.7 Å². The van der Waals surface area contributed by atoms with Crippen molar-refractivity contribution in [2.75, 3.05) is 5.32 Å². The maximum atomic E-state index is 12.6. The minimum Gasteiger partial charge on any atom is -0.321 e. The van der Waals surface area contributed by atoms with Crippen molar-refractivity contribution in [2.45, 2.75) is 25.7 Å². The van der Waals surface area contributed by atoms with Gasteiger partial charge in [0.05, 0.1) is 16.8 Å². The summed E-state index contributed by atoms with van der Waals surface area (Å²) in [5, 5.41) is 5.00. The van der Waals surface area contributed by atoms with Gasteiger partial charge in [-0.1, -0.05) is 48.5 Å². The third kappa shape index (κ3) is 4.30. The SMILES string of the molecule is O=C(Nc1cccc2c1C(=O)NC2=O)c1ccc(CCCCc2ccccc2)cc1. The van der Waals surface area contributed by atoms with Crippen LogP contribution in [0.4, 0.5) is 5.69 Å². The fourth-order valence-electron chi connectivity index (χ4n) is 3.64. The molecule has 1 aliphatic rings. The van der Waals surface area contributed by atoms with Crippen LogP contribution in [0, 0.1) is 0 Å². The van der Waals surface area contributed by atoms with Crippen LogP contribution >= 0.6 is 0 Å². The fraction of sp³-hybridized carbons (Fsp3) is 0.160. The molecule has 4 rings (SSSR count). The molecule has 0 fully saturated rings. The first-order valence-corrected chi connectivity index (χ1v) is 10.0. The summed E-state index contributed by atoms with van der Waals surface area (Å²) in [4.78, 5) is 36.4. The Morgan fingerprint density at radius 2 is 1.40 bits per heavy atom. The lowest BCUT2D eigenvalue weighted by Crippen LogP contribution is -2.20. The van der Waals surface area contributed by atoms with Crippen molar-refractivity contribution in [3.63, 3.8) is 0 Å². The lowest BCUT2D eigenvalue weighted by Gasteiger charge is -2.09. The Balaban J connectivity index is 1.34. The Hall–Kier alpha value is -3.73. The summed E-state index contributed by atoms with van der Waals surface area (Å²) < 4.78 is 0. The zero-order valence-electron chi connectivity index (χ0n) is 16.5. The number of carbonyl (C=O) groups is 3. The Labute approximate surface area is 175 Å². The molecule has 3 aromatic carbocycles. The van der Waals surface area contributed by atoms with Gasteiger partial charge in [0.2, 0.25) is 0 Å². The van der Waals surface area contributed by atoms with Crippen molar-refractivity contribution in [1.29, 1.82) is 0 Å². The second kappa shape index (κ2) is 8.74. The molecule has 0 saturated carbocycles. The van der Waals surface area contributed by atoms with Crippen LogP contribution in [-0.4, -0.2) is 17.7 Å². The summed E-state index contributed by atoms with van der Waals surface area (Å²) in [6.07, 6.45) is 4.23. The van der Waals surface area contributed by atoms with Crippen LogP contribution in [0.1, 0.15) is 55.0 Å². The number of unbranched alkanes of at least 4 members (excludes halogenated alkanes) is 1. The number of hydrogen-bond acceptors (Lipinski definition) is 3. The quantitative estimate of drug-likeness (QED) is 0.458. The highest BCUT2D eigenvalue weighted by molar-refractivity contribution is 6.25. The minimum atomic E-state index is -0.489. The Morgan fingerprint density at radius 3 is 2.10 bits per heavy atom. The number of benzene rings is 3. The average Bonchev–Trinajstić information content (AvgIpc) is 3.07. The Kier molecular flexibility index (Phi) is 5.70. The third-order valence-corrected chi connectivity index (χ3v) is 5.25. The van der Waals surface area contributed by atoms with Crippen molar-refractivity contribution in [3.05, 3.63) is 101 Å². The molecule has 1 heterocycles. The van der Waals surface area contributed by atoms with Gasteiger partial charge in [-0.25, -0.2) is 0 Å². The second-order valence-corrected chi connectivity index (χ2v) is 7.36. The van der Waals surface area contributed by atoms with Gasteiger partial charge in [-0.3, -0.25) is 19.7 Å². The standard InChI is InChI=1S/C25H22N2O3/c28-23(26-21-12-6-11-20-22(21)25(30)27-24(20)29)19-15-13-18(14-16-19)10-5-4-9-17-7-2-1-3-8-17/h1-3,6-8,11-16H,4-5,9-10H2,(H,26,28)(H,27,29,30). The molecule has 0 atom stereocenters. The first-order valence-electron chi connectivity index (χ1n) is 10.0. The summed E-state index contributed by atoms with van der Waals surface area (Å²) >= 11 is 0. The lowest BCUT2D eigenvalue weighted by molar-refractivity contribution is 0.0879. The van der Waals surface area contributed by atoms with Gasteiger partial charge in [0.1, 0.15) is 0 Å². The molecule has 0 radical (unpaired) electrons. The molecule has 0 bridgehead atoms. The molecule has 5 heteroatoms. The van der Waals surface area contributed by atoms with Crippen LogP contribution in [0.15, 0.2) is 72.8 Å². The molecule has 1 aliphatic heterocycles. The largest absolute Gasteiger partial charge is 0.321 e. The first-order chi connectivity index (χ1) is 14.6. The van der Waals surface area contributed by atoms with Crippen LogP contribution in [0.25, 0.3) is 0 Å². The van der Waals surface area contributed by atoms with Gasteiger partial charge in [-0.2, -0.15) is 0 Å². The molecular weight excluding hydrogens is 376 g/mol. The molecule has 0 unspecified atom stereocenters. The Morgan fingerprint density at radius 1 is 0.733 bits per heavy atom. The minimum absolute atomic E-state index is 0.214. The molecule has 3 aromatic rings. The predicted octanol–water partition coefficient (Wildman–Crippen LogP) is 4.39. The van der Waals surface area contributed by atoms with E-state index in [1.165, 1.54) is 11.1 Å². The zero-order chi connectivity index (χ0) is 20.9. The van der Waals surface area contributed by atoms with E-state index < -0.39 is 11.8 Å². The van der Waals surface area contributed by atoms with Gasteiger partial charge < -0.3 is 5.32 Å². The number of anilines is 1. The van der Waals surface area contributed by atoms with Crippen molar-refractivity contribution in [3.8, 4) is 0 Å². The number of imide groups is 1. The van der Waals surface area contributed by atoms with Crippen molar-refractivity contribution in [2.24, 2.45) is 0 Å². The average molecular weight is 398 g/mol. The maximum Gasteiger partial charge on any atom is 0.261 e. The third-order valence-electron chi connectivity index (χ3n) is 5.25. The molecular formula is C25H22N2O3. The number of rotatable bonds is 7. The van der Waals surface area contributed by atoms with E-state index in [2.05, 4.69) is 34.9 Å². The molecule has 30 heavy (non-hydrogen) atoms. The maximum absolute atomic E-state index is 12.6. The van der Waals surface area contributed by atoms with Gasteiger partial charge in [0.25, 0.3) is 17.7 Å². The second-order valence-electron chi connectivity index (χ2n) is 7.36. The number of hydrogen-bond donors (Lipinski definition) is 2. The van der Waals surface area contributed by atoms with Crippen molar-refractivity contribution >= 4 is 23.4 Å². The van der Waals surface area contributed by atoms with Crippen LogP contribution in [0.3, 0.4) is 0 Å². The number of amides is 3. The van der Waals surface area contributed by atoms with E-state index in [9.17, 15) is 14.4 Å². The molecule has 3 amide bonds. The zero-order valence-corrected chi connectivity index (χ0v) is 16.5. The van der Waals surface area contributed by atoms with Crippen LogP contribution < -0.4 is 10.6 Å². The number of aryl methyl sites for hydroxylation is 2. The molecule has 150 valence electrons. The highest BCUT2D eigenvalue weighted by Crippen LogP contribution is 2.25. The van der Waals surface area contributed by atoms with Gasteiger partial charge in [0.15, 0.2) is 0 Å². The summed E-state index contributed by atoms with van der Waals surface area (Å²) in [5.74, 6) is -1.24. The molecule has 0 aromatic heterocycles. The fourth-order valence-corrected chi connectivity index (χ4v) is 3.64. The van der Waals surface area contributed by atoms with Gasteiger partial charge >= 0.3 is 0 Å². The summed E-state index contributed by atoms with van der Waals surface area (Å²) in [7, 11) is 0. The summed E-state index contributed by atoms with van der Waals surface area (Å²) in [6.45, 7) is 0. The van der Waals surface area contributed by atoms with Gasteiger partial charge in [0, 0.05) is 5.56 Å². The topological polar surface area (TPSA) is 75.3 Å². The number of fused-ring (bicyclic) bond motifs is 1. The first kappa shape index (κ1) is 19.6. The molecule has 0 saturated heterocycles. The summed E-state index contributed by atoms with van der Waals surface area (Å²) in [6, 6.07) is 22.8. The Bertz CT molecular complexity index is 1090. The van der Waals surface area contributed by atoms with E-state index in [-0.39, 0.29) is 17.0 Å². The summed E-state index contributed by atoms with van der Waals surface area (Å²) in [5.41, 5.74) is 3.88. The predicted molar refractivity (Wildman–Crippen MR) is 116 cm³/mol. The monoisotopic (exact) mass is 398 g/mol. The van der Waals surface area contributed by atoms with Crippen molar-refractivity contribution in [1.82, 2.24) is 5.32 Å². The van der Waals surface area contributed by atoms with E-state index in [1.54, 1.807) is 30.3 Å². The normalized spacial score (nSPS) is 12.4. The number of carbonyl (C=O) groups excluding carboxylic acids is 3. The van der Waals surface area contributed by atoms with Gasteiger partial charge in [-0.15, -0.1) is 0 Å².